The van der Waals surface area contributed by atoms with Gasteiger partial charge in [-0.3, -0.25) is 4.79 Å². The Hall–Kier alpha value is -1.85. The molecule has 0 aliphatic carbocycles. The van der Waals surface area contributed by atoms with Crippen molar-refractivity contribution in [3.63, 3.8) is 0 Å². The Morgan fingerprint density at radius 2 is 1.78 bits per heavy atom. The predicted molar refractivity (Wildman–Crippen MR) is 100.0 cm³/mol. The number of carbonyl (C=O) groups is 1. The molecule has 0 saturated heterocycles. The Balaban J connectivity index is 1.85. The number of carbonyl (C=O) groups excluding carboxylic acids is 1. The lowest BCUT2D eigenvalue weighted by molar-refractivity contribution is -0.110. The molecule has 23 heavy (non-hydrogen) atoms. The topological polar surface area (TPSA) is 35.5 Å². The van der Waals surface area contributed by atoms with E-state index >= 15 is 0 Å². The summed E-state index contributed by atoms with van der Waals surface area (Å²) in [5.74, 6) is 1.54. The lowest BCUT2D eigenvalue weighted by atomic mass is 10.2. The first-order chi connectivity index (χ1) is 11.2. The number of allylic oxidation sites excluding steroid dienone is 6. The highest BCUT2D eigenvalue weighted by Gasteiger charge is 2.11. The van der Waals surface area contributed by atoms with E-state index in [1.54, 1.807) is 41.8 Å². The van der Waals surface area contributed by atoms with Crippen LogP contribution in [0.5, 0.6) is 11.5 Å². The van der Waals surface area contributed by atoms with E-state index in [9.17, 15) is 4.79 Å². The minimum Gasteiger partial charge on any atom is -0.454 e. The van der Waals surface area contributed by atoms with Gasteiger partial charge in [0.2, 0.25) is 6.79 Å². The summed E-state index contributed by atoms with van der Waals surface area (Å²) in [5, 5.41) is 0. The highest BCUT2D eigenvalue weighted by Crippen LogP contribution is 2.32. The molecule has 2 rings (SSSR count). The van der Waals surface area contributed by atoms with Crippen molar-refractivity contribution in [3.8, 4) is 11.5 Å². The molecular weight excluding hydrogens is 328 g/mol. The molecule has 1 aromatic carbocycles. The molecule has 1 aromatic rings. The zero-order valence-corrected chi connectivity index (χ0v) is 14.7. The van der Waals surface area contributed by atoms with E-state index in [4.69, 9.17) is 9.47 Å². The van der Waals surface area contributed by atoms with Crippen LogP contribution in [0.3, 0.4) is 0 Å². The first-order valence-electron chi connectivity index (χ1n) is 6.97. The maximum absolute atomic E-state index is 11.7. The molecule has 0 radical (unpaired) electrons. The Morgan fingerprint density at radius 1 is 1.04 bits per heavy atom. The molecule has 1 aliphatic rings. The number of hydrogen-bond acceptors (Lipinski definition) is 5. The number of ketones is 1. The number of hydrogen-bond donors (Lipinski definition) is 0. The van der Waals surface area contributed by atoms with Crippen molar-refractivity contribution in [2.75, 3.05) is 19.3 Å². The zero-order chi connectivity index (χ0) is 16.5. The number of ether oxygens (including phenoxy) is 2. The molecule has 0 N–H and O–H groups in total. The predicted octanol–water partition coefficient (Wildman–Crippen LogP) is 4.68. The standard InChI is InChI=1S/C18H18O3S2/c1-22-18(23-2)12-15(19)8-6-4-3-5-7-14-9-10-16-17(11-14)21-13-20-16/h3-12H,13H2,1-2H3/b4-3+,7-5+,8-6+. The lowest BCUT2D eigenvalue weighted by Gasteiger charge is -1.96. The van der Waals surface area contributed by atoms with Crippen LogP contribution in [0, 0.1) is 0 Å². The molecule has 0 unspecified atom stereocenters. The molecule has 0 bridgehead atoms. The SMILES string of the molecule is CSC(=CC(=O)/C=C/C=C/C=C/c1ccc2c(c1)OCO2)SC. The maximum Gasteiger partial charge on any atom is 0.231 e. The van der Waals surface area contributed by atoms with Crippen LogP contribution in [0.1, 0.15) is 5.56 Å². The molecule has 3 nitrogen and oxygen atoms in total. The Kier molecular flexibility index (Phi) is 7.10. The van der Waals surface area contributed by atoms with Crippen LogP contribution in [-0.2, 0) is 4.79 Å². The second kappa shape index (κ2) is 9.33. The van der Waals surface area contributed by atoms with Crippen molar-refractivity contribution in [2.45, 2.75) is 0 Å². The third-order valence-electron chi connectivity index (χ3n) is 2.94. The summed E-state index contributed by atoms with van der Waals surface area (Å²) >= 11 is 3.15. The first-order valence-corrected chi connectivity index (χ1v) is 9.42. The van der Waals surface area contributed by atoms with Crippen molar-refractivity contribution in [3.05, 3.63) is 64.5 Å². The van der Waals surface area contributed by atoms with E-state index in [-0.39, 0.29) is 12.6 Å². The van der Waals surface area contributed by atoms with Crippen LogP contribution in [0.25, 0.3) is 6.08 Å². The first kappa shape index (κ1) is 17.5. The summed E-state index contributed by atoms with van der Waals surface area (Å²) in [4.78, 5) is 11.7. The van der Waals surface area contributed by atoms with Crippen LogP contribution in [-0.4, -0.2) is 25.1 Å². The number of rotatable bonds is 7. The monoisotopic (exact) mass is 346 g/mol. The van der Waals surface area contributed by atoms with Gasteiger partial charge in [0.25, 0.3) is 0 Å². The number of benzene rings is 1. The average molecular weight is 346 g/mol. The zero-order valence-electron chi connectivity index (χ0n) is 13.0. The lowest BCUT2D eigenvalue weighted by Crippen LogP contribution is -1.92. The maximum atomic E-state index is 11.7. The fourth-order valence-electron chi connectivity index (χ4n) is 1.83. The van der Waals surface area contributed by atoms with Crippen LogP contribution in [0.15, 0.2) is 58.9 Å². The molecular formula is C18H18O3S2. The van der Waals surface area contributed by atoms with E-state index in [1.165, 1.54) is 0 Å². The molecule has 120 valence electrons. The summed E-state index contributed by atoms with van der Waals surface area (Å²) in [6.07, 6.45) is 16.4. The van der Waals surface area contributed by atoms with Gasteiger partial charge in [-0.1, -0.05) is 36.4 Å². The molecule has 5 heteroatoms. The second-order valence-electron chi connectivity index (χ2n) is 4.49. The molecule has 0 atom stereocenters. The van der Waals surface area contributed by atoms with Crippen LogP contribution >= 0.6 is 23.5 Å². The summed E-state index contributed by atoms with van der Waals surface area (Å²) in [6, 6.07) is 5.79. The summed E-state index contributed by atoms with van der Waals surface area (Å²) < 4.78 is 11.6. The van der Waals surface area contributed by atoms with Crippen LogP contribution in [0.2, 0.25) is 0 Å². The van der Waals surface area contributed by atoms with Crippen LogP contribution < -0.4 is 9.47 Å². The van der Waals surface area contributed by atoms with Crippen molar-refractivity contribution < 1.29 is 14.3 Å². The van der Waals surface area contributed by atoms with E-state index in [1.807, 2.05) is 55.0 Å². The summed E-state index contributed by atoms with van der Waals surface area (Å²) in [7, 11) is 0. The van der Waals surface area contributed by atoms with Gasteiger partial charge in [0.05, 0.1) is 0 Å². The molecule has 0 aromatic heterocycles. The Bertz CT molecular complexity index is 667. The van der Waals surface area contributed by atoms with Crippen molar-refractivity contribution >= 4 is 35.4 Å². The van der Waals surface area contributed by atoms with Gasteiger partial charge in [0.15, 0.2) is 17.3 Å². The number of fused-ring (bicyclic) bond motifs is 1. The summed E-state index contributed by atoms with van der Waals surface area (Å²) in [6.45, 7) is 0.282. The normalized spacial score (nSPS) is 13.3. The third kappa shape index (κ3) is 5.69. The van der Waals surface area contributed by atoms with E-state index < -0.39 is 0 Å². The van der Waals surface area contributed by atoms with Crippen LogP contribution in [0.4, 0.5) is 0 Å². The van der Waals surface area contributed by atoms with Gasteiger partial charge < -0.3 is 9.47 Å². The average Bonchev–Trinajstić information content (AvgIpc) is 3.03. The Morgan fingerprint density at radius 3 is 2.57 bits per heavy atom. The smallest absolute Gasteiger partial charge is 0.231 e. The van der Waals surface area contributed by atoms with Gasteiger partial charge in [-0.2, -0.15) is 0 Å². The fraction of sp³-hybridized carbons (Fsp3) is 0.167. The van der Waals surface area contributed by atoms with Crippen molar-refractivity contribution in [2.24, 2.45) is 0 Å². The van der Waals surface area contributed by atoms with Gasteiger partial charge >= 0.3 is 0 Å². The highest BCUT2D eigenvalue weighted by molar-refractivity contribution is 8.21. The van der Waals surface area contributed by atoms with Gasteiger partial charge in [-0.05, 0) is 36.3 Å². The van der Waals surface area contributed by atoms with Crippen molar-refractivity contribution in [1.29, 1.82) is 0 Å². The second-order valence-corrected chi connectivity index (χ2v) is 6.44. The van der Waals surface area contributed by atoms with E-state index in [0.717, 1.165) is 21.3 Å². The molecule has 0 saturated carbocycles. The molecule has 1 heterocycles. The summed E-state index contributed by atoms with van der Waals surface area (Å²) in [5.41, 5.74) is 1.03. The highest BCUT2D eigenvalue weighted by atomic mass is 32.2. The van der Waals surface area contributed by atoms with E-state index in [2.05, 4.69) is 0 Å². The van der Waals surface area contributed by atoms with E-state index in [0.29, 0.717) is 0 Å². The van der Waals surface area contributed by atoms with Gasteiger partial charge in [0.1, 0.15) is 0 Å². The van der Waals surface area contributed by atoms with Gasteiger partial charge in [0, 0.05) is 10.3 Å². The molecule has 0 amide bonds. The van der Waals surface area contributed by atoms with Crippen molar-refractivity contribution in [1.82, 2.24) is 0 Å². The van der Waals surface area contributed by atoms with Gasteiger partial charge in [-0.15, -0.1) is 23.5 Å². The third-order valence-corrected chi connectivity index (χ3v) is 4.98. The molecule has 1 aliphatic heterocycles. The number of thioether (sulfide) groups is 2. The molecule has 0 spiro atoms. The molecule has 0 fully saturated rings. The minimum absolute atomic E-state index is 0.00639. The minimum atomic E-state index is -0.00639. The fourth-order valence-corrected chi connectivity index (χ4v) is 2.96. The quantitative estimate of drug-likeness (QED) is 0.529. The largest absolute Gasteiger partial charge is 0.454 e. The Labute approximate surface area is 145 Å². The van der Waals surface area contributed by atoms with Gasteiger partial charge in [-0.25, -0.2) is 0 Å².